The summed E-state index contributed by atoms with van der Waals surface area (Å²) in [6.45, 7) is 4.28. The van der Waals surface area contributed by atoms with Crippen LogP contribution < -0.4 is 10.6 Å². The first-order valence-electron chi connectivity index (χ1n) is 7.02. The molecule has 3 atom stereocenters. The number of hydrogen-bond donors (Lipinski definition) is 4. The van der Waals surface area contributed by atoms with E-state index in [0.717, 1.165) is 18.9 Å². The molecule has 0 aromatic heterocycles. The van der Waals surface area contributed by atoms with Gasteiger partial charge in [-0.25, -0.2) is 9.59 Å². The zero-order valence-corrected chi connectivity index (χ0v) is 12.1. The van der Waals surface area contributed by atoms with Crippen molar-refractivity contribution in [2.75, 3.05) is 5.32 Å². The highest BCUT2D eigenvalue weighted by Gasteiger charge is 2.30. The highest BCUT2D eigenvalue weighted by atomic mass is 16.4. The molecule has 3 unspecified atom stereocenters. The van der Waals surface area contributed by atoms with Crippen molar-refractivity contribution in [1.82, 2.24) is 5.32 Å². The van der Waals surface area contributed by atoms with Crippen LogP contribution in [0.3, 0.4) is 0 Å². The summed E-state index contributed by atoms with van der Waals surface area (Å²) < 4.78 is 0. The molecule has 2 rings (SSSR count). The third-order valence-electron chi connectivity index (χ3n) is 4.27. The number of carbonyl (C=O) groups is 2. The fraction of sp³-hybridized carbons (Fsp3) is 0.467. The van der Waals surface area contributed by atoms with Crippen LogP contribution in [0.1, 0.15) is 37.0 Å². The Bertz CT molecular complexity index is 559. The maximum Gasteiger partial charge on any atom is 0.335 e. The summed E-state index contributed by atoms with van der Waals surface area (Å²) in [6, 6.07) is 3.55. The molecule has 2 amide bonds. The minimum atomic E-state index is -1.13. The molecule has 114 valence electrons. The predicted octanol–water partition coefficient (Wildman–Crippen LogP) is 2.65. The maximum absolute atomic E-state index is 11.9. The van der Waals surface area contributed by atoms with Gasteiger partial charge in [0.1, 0.15) is 5.75 Å². The summed E-state index contributed by atoms with van der Waals surface area (Å²) in [5.74, 6) is -0.398. The summed E-state index contributed by atoms with van der Waals surface area (Å²) >= 11 is 0. The zero-order valence-electron chi connectivity index (χ0n) is 12.1. The molecule has 21 heavy (non-hydrogen) atoms. The number of carbonyl (C=O) groups excluding carboxylic acids is 1. The van der Waals surface area contributed by atoms with Crippen LogP contribution in [0.25, 0.3) is 0 Å². The Kier molecular flexibility index (Phi) is 4.35. The van der Waals surface area contributed by atoms with Gasteiger partial charge in [0.25, 0.3) is 0 Å². The van der Waals surface area contributed by atoms with Crippen molar-refractivity contribution in [3.63, 3.8) is 0 Å². The summed E-state index contributed by atoms with van der Waals surface area (Å²) in [5, 5.41) is 24.0. The van der Waals surface area contributed by atoms with E-state index in [4.69, 9.17) is 5.11 Å². The Morgan fingerprint density at radius 1 is 1.24 bits per heavy atom. The number of amides is 2. The fourth-order valence-electron chi connectivity index (χ4n) is 2.67. The van der Waals surface area contributed by atoms with E-state index in [1.165, 1.54) is 12.1 Å². The minimum absolute atomic E-state index is 0.0308. The monoisotopic (exact) mass is 292 g/mol. The van der Waals surface area contributed by atoms with Crippen molar-refractivity contribution >= 4 is 17.7 Å². The zero-order chi connectivity index (χ0) is 15.6. The molecule has 0 bridgehead atoms. The standard InChI is InChI=1S/C15H20N2O4/c1-8-3-5-11(9(8)2)16-15(21)17-12-6-4-10(14(19)20)7-13(12)18/h4,6-9,11,18H,3,5H2,1-2H3,(H,19,20)(H2,16,17,21). The molecule has 1 fully saturated rings. The quantitative estimate of drug-likeness (QED) is 0.644. The van der Waals surface area contributed by atoms with Crippen molar-refractivity contribution in [3.8, 4) is 5.75 Å². The number of urea groups is 1. The van der Waals surface area contributed by atoms with Gasteiger partial charge >= 0.3 is 12.0 Å². The molecule has 0 spiro atoms. The van der Waals surface area contributed by atoms with Gasteiger partial charge in [0.05, 0.1) is 11.3 Å². The molecule has 1 aromatic carbocycles. The third-order valence-corrected chi connectivity index (χ3v) is 4.27. The van der Waals surface area contributed by atoms with Crippen LogP contribution in [0.15, 0.2) is 18.2 Å². The van der Waals surface area contributed by atoms with Crippen LogP contribution in [0.5, 0.6) is 5.75 Å². The topological polar surface area (TPSA) is 98.7 Å². The van der Waals surface area contributed by atoms with E-state index in [1.54, 1.807) is 0 Å². The molecule has 0 aliphatic heterocycles. The second kappa shape index (κ2) is 6.03. The molecular weight excluding hydrogens is 272 g/mol. The van der Waals surface area contributed by atoms with E-state index < -0.39 is 5.97 Å². The van der Waals surface area contributed by atoms with Gasteiger partial charge in [-0.05, 0) is 42.9 Å². The lowest BCUT2D eigenvalue weighted by molar-refractivity contribution is 0.0696. The second-order valence-corrected chi connectivity index (χ2v) is 5.66. The smallest absolute Gasteiger partial charge is 0.335 e. The molecule has 1 aliphatic rings. The van der Waals surface area contributed by atoms with Gasteiger partial charge in [-0.3, -0.25) is 0 Å². The largest absolute Gasteiger partial charge is 0.506 e. The Balaban J connectivity index is 1.98. The van der Waals surface area contributed by atoms with Crippen LogP contribution in [0.4, 0.5) is 10.5 Å². The van der Waals surface area contributed by atoms with Gasteiger partial charge in [-0.15, -0.1) is 0 Å². The second-order valence-electron chi connectivity index (χ2n) is 5.66. The first-order chi connectivity index (χ1) is 9.88. The Morgan fingerprint density at radius 2 is 1.95 bits per heavy atom. The van der Waals surface area contributed by atoms with Crippen LogP contribution in [0.2, 0.25) is 0 Å². The number of hydrogen-bond acceptors (Lipinski definition) is 3. The van der Waals surface area contributed by atoms with Gasteiger partial charge < -0.3 is 20.8 Å². The van der Waals surface area contributed by atoms with Gasteiger partial charge in [0, 0.05) is 6.04 Å². The summed E-state index contributed by atoms with van der Waals surface area (Å²) in [5.41, 5.74) is 0.160. The van der Waals surface area contributed by atoms with E-state index in [1.807, 2.05) is 0 Å². The van der Waals surface area contributed by atoms with E-state index in [2.05, 4.69) is 24.5 Å². The number of carboxylic acid groups (broad SMARTS) is 1. The molecule has 1 aliphatic carbocycles. The summed E-state index contributed by atoms with van der Waals surface area (Å²) in [7, 11) is 0. The molecule has 0 radical (unpaired) electrons. The average Bonchev–Trinajstić information content (AvgIpc) is 2.73. The maximum atomic E-state index is 11.9. The van der Waals surface area contributed by atoms with Gasteiger partial charge in [-0.2, -0.15) is 0 Å². The third kappa shape index (κ3) is 3.45. The molecule has 0 heterocycles. The number of nitrogens with one attached hydrogen (secondary N) is 2. The van der Waals surface area contributed by atoms with Crippen LogP contribution in [-0.4, -0.2) is 28.3 Å². The van der Waals surface area contributed by atoms with E-state index in [0.29, 0.717) is 11.8 Å². The highest BCUT2D eigenvalue weighted by molar-refractivity contribution is 5.93. The van der Waals surface area contributed by atoms with Crippen molar-refractivity contribution in [2.45, 2.75) is 32.7 Å². The van der Waals surface area contributed by atoms with Crippen LogP contribution >= 0.6 is 0 Å². The first-order valence-corrected chi connectivity index (χ1v) is 7.02. The van der Waals surface area contributed by atoms with Crippen molar-refractivity contribution in [2.24, 2.45) is 11.8 Å². The van der Waals surface area contributed by atoms with Crippen LogP contribution in [-0.2, 0) is 0 Å². The van der Waals surface area contributed by atoms with Gasteiger partial charge in [0.2, 0.25) is 0 Å². The summed E-state index contributed by atoms with van der Waals surface area (Å²) in [6.07, 6.45) is 2.03. The number of aromatic carboxylic acids is 1. The normalized spacial score (nSPS) is 24.6. The van der Waals surface area contributed by atoms with Crippen molar-refractivity contribution in [3.05, 3.63) is 23.8 Å². The molecule has 1 saturated carbocycles. The number of phenolic OH excluding ortho intramolecular Hbond substituents is 1. The van der Waals surface area contributed by atoms with E-state index in [9.17, 15) is 14.7 Å². The first kappa shape index (κ1) is 15.2. The number of anilines is 1. The fourth-order valence-corrected chi connectivity index (χ4v) is 2.67. The lowest BCUT2D eigenvalue weighted by atomic mass is 9.98. The number of aromatic hydroxyl groups is 1. The molecule has 0 saturated heterocycles. The molecule has 6 heteroatoms. The summed E-state index contributed by atoms with van der Waals surface area (Å²) in [4.78, 5) is 22.7. The van der Waals surface area contributed by atoms with E-state index >= 15 is 0 Å². The van der Waals surface area contributed by atoms with E-state index in [-0.39, 0.29) is 29.1 Å². The predicted molar refractivity (Wildman–Crippen MR) is 78.6 cm³/mol. The number of benzene rings is 1. The minimum Gasteiger partial charge on any atom is -0.506 e. The van der Waals surface area contributed by atoms with Crippen LogP contribution in [0, 0.1) is 11.8 Å². The number of rotatable bonds is 3. The molecule has 1 aromatic rings. The average molecular weight is 292 g/mol. The molecule has 6 nitrogen and oxygen atoms in total. The number of carboxylic acids is 1. The lowest BCUT2D eigenvalue weighted by Crippen LogP contribution is -2.40. The lowest BCUT2D eigenvalue weighted by Gasteiger charge is -2.20. The van der Waals surface area contributed by atoms with Crippen molar-refractivity contribution < 1.29 is 19.8 Å². The number of phenols is 1. The Labute approximate surface area is 123 Å². The highest BCUT2D eigenvalue weighted by Crippen LogP contribution is 2.31. The molecule has 4 N–H and O–H groups in total. The van der Waals surface area contributed by atoms with Crippen molar-refractivity contribution in [1.29, 1.82) is 0 Å². The Hall–Kier alpha value is -2.24. The van der Waals surface area contributed by atoms with Gasteiger partial charge in [0.15, 0.2) is 0 Å². The molecular formula is C15H20N2O4. The van der Waals surface area contributed by atoms with Gasteiger partial charge in [-0.1, -0.05) is 13.8 Å². The Morgan fingerprint density at radius 3 is 2.48 bits per heavy atom. The SMILES string of the molecule is CC1CCC(NC(=O)Nc2ccc(C(=O)O)cc2O)C1C.